The molecule has 8 N–H and O–H groups in total. The number of fused-ring (bicyclic) bond motifs is 2. The molecule has 4 aromatic rings. The van der Waals surface area contributed by atoms with Crippen molar-refractivity contribution >= 4 is 40.4 Å². The number of anilines is 3. The maximum atomic E-state index is 11.4. The molecule has 39 heavy (non-hydrogen) atoms. The number of rotatable bonds is 3. The number of hydrogen-bond donors (Lipinski definition) is 6. The number of H-pyrrole nitrogens is 2. The number of imidazole rings is 1. The van der Waals surface area contributed by atoms with Crippen LogP contribution in [0.15, 0.2) is 28.3 Å². The third-order valence-corrected chi connectivity index (χ3v) is 5.67. The Hall–Kier alpha value is -4.82. The zero-order valence-electron chi connectivity index (χ0n) is 22.7. The SMILES string of the molecule is CC(C)c1cnc(N)[nH]c1=O.CC(C)n1cnc2c1NC(=O)CC2=N.CC(C)n1ncc2c(=O)[nH]c(N)nc21. The monoisotopic (exact) mass is 538 g/mol. The van der Waals surface area contributed by atoms with E-state index in [0.29, 0.717) is 33.8 Å². The van der Waals surface area contributed by atoms with Crippen molar-refractivity contribution in [2.45, 2.75) is 66.0 Å². The van der Waals surface area contributed by atoms with Gasteiger partial charge in [-0.1, -0.05) is 13.8 Å². The first-order chi connectivity index (χ1) is 18.3. The Kier molecular flexibility index (Phi) is 8.63. The number of nitrogens with one attached hydrogen (secondary N) is 4. The fourth-order valence-electron chi connectivity index (χ4n) is 3.68. The zero-order valence-corrected chi connectivity index (χ0v) is 22.7. The number of nitrogens with zero attached hydrogens (tertiary/aromatic N) is 6. The average Bonchev–Trinajstić information content (AvgIpc) is 3.44. The van der Waals surface area contributed by atoms with Crippen molar-refractivity contribution in [2.24, 2.45) is 0 Å². The lowest BCUT2D eigenvalue weighted by Gasteiger charge is -2.17. The smallest absolute Gasteiger partial charge is 0.263 e. The van der Waals surface area contributed by atoms with Gasteiger partial charge in [0, 0.05) is 23.8 Å². The van der Waals surface area contributed by atoms with Crippen LogP contribution >= 0.6 is 0 Å². The Bertz CT molecular complexity index is 1610. The molecule has 0 unspecified atom stereocenters. The van der Waals surface area contributed by atoms with E-state index in [1.807, 2.05) is 46.1 Å². The lowest BCUT2D eigenvalue weighted by Crippen LogP contribution is -2.25. The van der Waals surface area contributed by atoms with Gasteiger partial charge in [-0.15, -0.1) is 0 Å². The first-order valence-corrected chi connectivity index (χ1v) is 12.3. The van der Waals surface area contributed by atoms with Crippen LogP contribution in [0.2, 0.25) is 0 Å². The van der Waals surface area contributed by atoms with E-state index in [1.165, 1.54) is 12.4 Å². The first-order valence-electron chi connectivity index (χ1n) is 12.3. The van der Waals surface area contributed by atoms with Crippen LogP contribution in [0.25, 0.3) is 11.0 Å². The highest BCUT2D eigenvalue weighted by Crippen LogP contribution is 2.24. The summed E-state index contributed by atoms with van der Waals surface area (Å²) in [7, 11) is 0. The topological polar surface area (TPSA) is 232 Å². The lowest BCUT2D eigenvalue weighted by atomic mass is 10.1. The quantitative estimate of drug-likeness (QED) is 0.223. The highest BCUT2D eigenvalue weighted by atomic mass is 16.2. The molecule has 5 rings (SSSR count). The van der Waals surface area contributed by atoms with Gasteiger partial charge in [0.25, 0.3) is 11.1 Å². The van der Waals surface area contributed by atoms with Crippen molar-refractivity contribution in [1.29, 1.82) is 5.41 Å². The fraction of sp³-hybridized carbons (Fsp3) is 0.417. The second kappa shape index (κ2) is 11.7. The molecule has 15 nitrogen and oxygen atoms in total. The van der Waals surface area contributed by atoms with Crippen molar-refractivity contribution in [2.75, 3.05) is 16.8 Å². The highest BCUT2D eigenvalue weighted by Gasteiger charge is 2.25. The van der Waals surface area contributed by atoms with Crippen LogP contribution in [0.1, 0.15) is 77.2 Å². The van der Waals surface area contributed by atoms with Crippen LogP contribution in [0, 0.1) is 5.41 Å². The van der Waals surface area contributed by atoms with Gasteiger partial charge in [-0.05, 0) is 33.6 Å². The Balaban J connectivity index is 0.000000163. The van der Waals surface area contributed by atoms with Crippen LogP contribution in [0.3, 0.4) is 0 Å². The number of amides is 1. The number of carbonyl (C=O) groups excluding carboxylic acids is 1. The van der Waals surface area contributed by atoms with Gasteiger partial charge in [0.2, 0.25) is 11.9 Å². The van der Waals surface area contributed by atoms with Crippen molar-refractivity contribution in [3.8, 4) is 0 Å². The number of nitrogen functional groups attached to an aromatic ring is 2. The second-order valence-electron chi connectivity index (χ2n) is 9.73. The standard InChI is InChI=1S/C9H12N4O.C8H11N5O.C7H11N3O/c1-5(2)13-4-11-8-6(10)3-7(14)12-9(8)13;1-4(2)13-6-5(3-10-13)7(14)12-8(9)11-6;1-4(2)5-3-9-7(8)10-6(5)11/h4-5,10H,3H2,1-2H3,(H,12,14);3-4H,1-2H3,(H3,9,11,12,14);3-4H,1-2H3,(H3,8,9,10,11). The molecule has 1 amide bonds. The summed E-state index contributed by atoms with van der Waals surface area (Å²) >= 11 is 0. The number of hydrogen-bond acceptors (Lipinski definition) is 10. The molecule has 0 bridgehead atoms. The minimum atomic E-state index is -0.251. The summed E-state index contributed by atoms with van der Waals surface area (Å²) in [6.45, 7) is 11.8. The van der Waals surface area contributed by atoms with Crippen molar-refractivity contribution in [3.05, 3.63) is 50.7 Å². The number of carbonyl (C=O) groups is 1. The van der Waals surface area contributed by atoms with E-state index in [9.17, 15) is 14.4 Å². The summed E-state index contributed by atoms with van der Waals surface area (Å²) in [6, 6.07) is 0.388. The summed E-state index contributed by atoms with van der Waals surface area (Å²) in [4.78, 5) is 50.5. The Morgan fingerprint density at radius 2 is 1.59 bits per heavy atom. The van der Waals surface area contributed by atoms with E-state index in [2.05, 4.69) is 35.3 Å². The first kappa shape index (κ1) is 28.7. The minimum absolute atomic E-state index is 0.116. The van der Waals surface area contributed by atoms with Gasteiger partial charge in [-0.2, -0.15) is 10.1 Å². The molecule has 0 radical (unpaired) electrons. The van der Waals surface area contributed by atoms with Gasteiger partial charge in [-0.3, -0.25) is 24.4 Å². The van der Waals surface area contributed by atoms with E-state index in [-0.39, 0.29) is 53.3 Å². The molecule has 0 saturated heterocycles. The zero-order chi connectivity index (χ0) is 29.0. The van der Waals surface area contributed by atoms with E-state index >= 15 is 0 Å². The molecule has 4 aromatic heterocycles. The van der Waals surface area contributed by atoms with Crippen LogP contribution in [0.5, 0.6) is 0 Å². The van der Waals surface area contributed by atoms with Gasteiger partial charge in [0.1, 0.15) is 16.9 Å². The van der Waals surface area contributed by atoms with Gasteiger partial charge in [0.05, 0.1) is 24.7 Å². The maximum Gasteiger partial charge on any atom is 0.263 e. The normalized spacial score (nSPS) is 12.6. The van der Waals surface area contributed by atoms with Gasteiger partial charge < -0.3 is 26.8 Å². The maximum absolute atomic E-state index is 11.4. The molecule has 0 aromatic carbocycles. The summed E-state index contributed by atoms with van der Waals surface area (Å²) in [6.07, 6.45) is 4.80. The van der Waals surface area contributed by atoms with E-state index in [0.717, 1.165) is 0 Å². The summed E-state index contributed by atoms with van der Waals surface area (Å²) in [5, 5.41) is 14.9. The lowest BCUT2D eigenvalue weighted by molar-refractivity contribution is -0.115. The van der Waals surface area contributed by atoms with Crippen LogP contribution < -0.4 is 27.9 Å². The fourth-order valence-corrected chi connectivity index (χ4v) is 3.68. The predicted molar refractivity (Wildman–Crippen MR) is 149 cm³/mol. The number of nitrogens with two attached hydrogens (primary N) is 2. The van der Waals surface area contributed by atoms with E-state index < -0.39 is 0 Å². The summed E-state index contributed by atoms with van der Waals surface area (Å²) in [5.41, 5.74) is 12.4. The molecule has 1 aliphatic heterocycles. The molecular formula is C24H34N12O3. The second-order valence-corrected chi connectivity index (χ2v) is 9.73. The average molecular weight is 539 g/mol. The van der Waals surface area contributed by atoms with E-state index in [4.69, 9.17) is 16.9 Å². The predicted octanol–water partition coefficient (Wildman–Crippen LogP) is 1.93. The van der Waals surface area contributed by atoms with E-state index in [1.54, 1.807) is 11.0 Å². The Morgan fingerprint density at radius 3 is 2.18 bits per heavy atom. The number of aromatic amines is 2. The molecule has 0 saturated carbocycles. The molecule has 0 spiro atoms. The van der Waals surface area contributed by atoms with Gasteiger partial charge in [0.15, 0.2) is 11.6 Å². The minimum Gasteiger partial charge on any atom is -0.369 e. The third kappa shape index (κ3) is 6.55. The molecule has 0 aliphatic carbocycles. The highest BCUT2D eigenvalue weighted by molar-refractivity contribution is 6.18. The Morgan fingerprint density at radius 1 is 0.923 bits per heavy atom. The number of aromatic nitrogens is 8. The largest absolute Gasteiger partial charge is 0.369 e. The van der Waals surface area contributed by atoms with Gasteiger partial charge >= 0.3 is 0 Å². The van der Waals surface area contributed by atoms with Crippen molar-refractivity contribution < 1.29 is 4.79 Å². The van der Waals surface area contributed by atoms with Crippen molar-refractivity contribution in [1.82, 2.24) is 39.3 Å². The van der Waals surface area contributed by atoms with Crippen LogP contribution in [0.4, 0.5) is 17.7 Å². The molecule has 5 heterocycles. The van der Waals surface area contributed by atoms with Crippen LogP contribution in [-0.4, -0.2) is 50.9 Å². The molecule has 1 aliphatic rings. The molecular weight excluding hydrogens is 504 g/mol. The summed E-state index contributed by atoms with van der Waals surface area (Å²) < 4.78 is 3.53. The molecule has 0 fully saturated rings. The van der Waals surface area contributed by atoms with Crippen LogP contribution in [-0.2, 0) is 4.79 Å². The molecule has 208 valence electrons. The third-order valence-electron chi connectivity index (χ3n) is 5.67. The van der Waals surface area contributed by atoms with Crippen molar-refractivity contribution in [3.63, 3.8) is 0 Å². The summed E-state index contributed by atoms with van der Waals surface area (Å²) in [5.74, 6) is 0.988. The molecule has 15 heteroatoms. The Labute approximate surface area is 223 Å². The van der Waals surface area contributed by atoms with Gasteiger partial charge in [-0.25, -0.2) is 14.6 Å². The molecule has 0 atom stereocenters.